The summed E-state index contributed by atoms with van der Waals surface area (Å²) in [4.78, 5) is 2.00. The van der Waals surface area contributed by atoms with Crippen molar-refractivity contribution in [3.8, 4) is 0 Å². The molecule has 0 fully saturated rings. The molecular weight excluding hydrogens is 113 g/mol. The van der Waals surface area contributed by atoms with Gasteiger partial charge in [-0.15, -0.1) is 0 Å². The van der Waals surface area contributed by atoms with Gasteiger partial charge in [0, 0.05) is 0 Å². The molecule has 0 atom stereocenters. The van der Waals surface area contributed by atoms with Crippen molar-refractivity contribution < 1.29 is 18.9 Å². The van der Waals surface area contributed by atoms with Crippen LogP contribution in [0.15, 0.2) is 0 Å². The molecule has 5 heteroatoms. The molecule has 0 rings (SSSR count). The molecule has 0 aromatic carbocycles. The van der Waals surface area contributed by atoms with E-state index >= 15 is 0 Å². The van der Waals surface area contributed by atoms with Crippen molar-refractivity contribution in [3.63, 3.8) is 0 Å². The van der Waals surface area contributed by atoms with Gasteiger partial charge in [-0.1, -0.05) is 0 Å². The number of hydrogen-bond acceptors (Lipinski definition) is 2. The van der Waals surface area contributed by atoms with Crippen molar-refractivity contribution in [2.24, 2.45) is 0 Å². The summed E-state index contributed by atoms with van der Waals surface area (Å²) in [6, 6.07) is 0. The van der Waals surface area contributed by atoms with Crippen LogP contribution in [0.4, 0.5) is 0 Å². The predicted molar refractivity (Wildman–Crippen MR) is 30.9 cm³/mol. The Bertz CT molecular complexity index is 56.8. The van der Waals surface area contributed by atoms with Gasteiger partial charge in [0.15, 0.2) is 0 Å². The fourth-order valence-corrected chi connectivity index (χ4v) is 0. The van der Waals surface area contributed by atoms with Crippen LogP contribution in [-0.2, 0) is 0 Å². The maximum absolute atomic E-state index is 5.50. The third-order valence-electron chi connectivity index (χ3n) is 0. The number of rotatable bonds is 0. The van der Waals surface area contributed by atoms with Gasteiger partial charge in [0.2, 0.25) is 4.91 Å². The van der Waals surface area contributed by atoms with Gasteiger partial charge in [0.05, 0.1) is 0 Å². The Morgan fingerprint density at radius 2 is 1.12 bits per heavy atom. The molecule has 0 aromatic heterocycles. The third kappa shape index (κ3) is 10400. The first-order valence-electron chi connectivity index (χ1n) is 1.95. The Morgan fingerprint density at radius 1 is 1.12 bits per heavy atom. The van der Waals surface area contributed by atoms with Crippen LogP contribution >= 0.6 is 0 Å². The van der Waals surface area contributed by atoms with E-state index in [0.717, 1.165) is 0 Å². The number of nitrogens with zero attached hydrogens (tertiary/aromatic N) is 1. The van der Waals surface area contributed by atoms with E-state index in [4.69, 9.17) is 11.1 Å². The van der Waals surface area contributed by atoms with Gasteiger partial charge in [-0.05, 0) is 0 Å². The molecule has 0 aliphatic rings. The van der Waals surface area contributed by atoms with Gasteiger partial charge in [0.1, 0.15) is 11.1 Å². The van der Waals surface area contributed by atoms with Gasteiger partial charge in [-0.2, -0.15) is 19.6 Å². The summed E-state index contributed by atoms with van der Waals surface area (Å²) in [5, 5.41) is 0. The normalized spacial score (nSPS) is 5.50. The van der Waals surface area contributed by atoms with Crippen LogP contribution in [0.2, 0.25) is 19.6 Å². The van der Waals surface area contributed by atoms with Crippen molar-refractivity contribution in [2.75, 3.05) is 0 Å². The maximum Gasteiger partial charge on any atom is 1.00 e. The van der Waals surface area contributed by atoms with Gasteiger partial charge in [-0.3, -0.25) is 8.80 Å². The Hall–Kier alpha value is 0.124. The van der Waals surface area contributed by atoms with Gasteiger partial charge < -0.3 is 0 Å². The zero-order valence-corrected chi connectivity index (χ0v) is 6.95. The van der Waals surface area contributed by atoms with E-state index in [2.05, 4.69) is 19.6 Å². The number of nitrogens with one attached hydrogen (secondary N) is 2. The Balaban J connectivity index is -0.0000000575. The molecular formula is C3H11LiN3Si+. The standard InChI is InChI=1S/C3H9Si.Li.H2N3/c1-4(2)3;;1-3-2/h1-3H3;;1-2H/q-1;2*+1. The van der Waals surface area contributed by atoms with E-state index in [1.54, 1.807) is 0 Å². The molecule has 8 heavy (non-hydrogen) atoms. The van der Waals surface area contributed by atoms with E-state index < -0.39 is 0 Å². The van der Waals surface area contributed by atoms with E-state index in [1.807, 2.05) is 4.91 Å². The molecule has 0 saturated heterocycles. The Kier molecular flexibility index (Phi) is 30.8. The summed E-state index contributed by atoms with van der Waals surface area (Å²) in [5.74, 6) is 0. The zero-order chi connectivity index (χ0) is 6.28. The molecule has 2 N–H and O–H groups in total. The van der Waals surface area contributed by atoms with E-state index in [9.17, 15) is 0 Å². The molecule has 0 bridgehead atoms. The summed E-state index contributed by atoms with van der Waals surface area (Å²) < 4.78 is 0. The molecule has 0 spiro atoms. The molecule has 0 radical (unpaired) electrons. The van der Waals surface area contributed by atoms with Crippen LogP contribution in [0.5, 0.6) is 0 Å². The van der Waals surface area contributed by atoms with Crippen LogP contribution in [0.3, 0.4) is 0 Å². The molecule has 0 unspecified atom stereocenters. The van der Waals surface area contributed by atoms with Crippen LogP contribution in [0.25, 0.3) is 0 Å². The monoisotopic (exact) mass is 124 g/mol. The minimum Gasteiger partial charge on any atom is -0.271 e. The fraction of sp³-hybridized carbons (Fsp3) is 1.00. The van der Waals surface area contributed by atoms with Crippen molar-refractivity contribution in [1.82, 2.24) is 4.91 Å². The summed E-state index contributed by atoms with van der Waals surface area (Å²) in [7, 11) is 0.120. The van der Waals surface area contributed by atoms with Gasteiger partial charge in [0.25, 0.3) is 0 Å². The smallest absolute Gasteiger partial charge is 0.271 e. The van der Waals surface area contributed by atoms with Crippen molar-refractivity contribution >= 4 is 8.80 Å². The average Bonchev–Trinajstić information content (AvgIpc) is 1.33. The summed E-state index contributed by atoms with van der Waals surface area (Å²) in [6.07, 6.45) is 0. The molecule has 0 aliphatic carbocycles. The first-order chi connectivity index (χ1) is 3.15. The Morgan fingerprint density at radius 3 is 1.12 bits per heavy atom. The second-order valence-corrected chi connectivity index (χ2v) is 4.61. The molecule has 3 nitrogen and oxygen atoms in total. The van der Waals surface area contributed by atoms with E-state index in [-0.39, 0.29) is 27.7 Å². The quantitative estimate of drug-likeness (QED) is 0.224. The van der Waals surface area contributed by atoms with Crippen molar-refractivity contribution in [3.05, 3.63) is 0 Å². The van der Waals surface area contributed by atoms with Crippen LogP contribution in [0.1, 0.15) is 0 Å². The molecule has 0 heterocycles. The molecule has 0 saturated carbocycles. The van der Waals surface area contributed by atoms with Crippen LogP contribution < -0.4 is 23.8 Å². The first-order valence-corrected chi connectivity index (χ1v) is 4.95. The topological polar surface area (TPSA) is 61.8 Å². The first kappa shape index (κ1) is 15.7. The Labute approximate surface area is 63.7 Å². The fourth-order valence-electron chi connectivity index (χ4n) is 0. The number of hydrogen-bond donors (Lipinski definition) is 2. The van der Waals surface area contributed by atoms with Crippen molar-refractivity contribution in [1.29, 1.82) is 11.1 Å². The van der Waals surface area contributed by atoms with Crippen molar-refractivity contribution in [2.45, 2.75) is 19.6 Å². The minimum absolute atomic E-state index is 0. The van der Waals surface area contributed by atoms with Crippen LogP contribution in [-0.4, -0.2) is 8.80 Å². The SMILES string of the molecule is C[Si-](C)C.N=[N+]=N.[Li+]. The van der Waals surface area contributed by atoms with E-state index in [1.165, 1.54) is 0 Å². The summed E-state index contributed by atoms with van der Waals surface area (Å²) in [6.45, 7) is 6.81. The third-order valence-corrected chi connectivity index (χ3v) is 0. The molecule has 0 amide bonds. The second kappa shape index (κ2) is 15.7. The average molecular weight is 124 g/mol. The minimum atomic E-state index is 0. The second-order valence-electron chi connectivity index (χ2n) is 1.61. The summed E-state index contributed by atoms with van der Waals surface area (Å²) in [5.41, 5.74) is 11.0. The molecule has 0 aromatic rings. The van der Waals surface area contributed by atoms with Gasteiger partial charge in [-0.25, -0.2) is 0 Å². The summed E-state index contributed by atoms with van der Waals surface area (Å²) >= 11 is 0. The molecule has 0 aliphatic heterocycles. The largest absolute Gasteiger partial charge is 1.00 e. The maximum atomic E-state index is 5.50. The van der Waals surface area contributed by atoms with Gasteiger partial charge >= 0.3 is 18.9 Å². The van der Waals surface area contributed by atoms with E-state index in [0.29, 0.717) is 0 Å². The molecule has 42 valence electrons. The zero-order valence-electron chi connectivity index (χ0n) is 5.95. The van der Waals surface area contributed by atoms with Crippen LogP contribution in [0, 0.1) is 11.1 Å². The predicted octanol–water partition coefficient (Wildman–Crippen LogP) is -1.51.